The summed E-state index contributed by atoms with van der Waals surface area (Å²) in [5, 5.41) is 9.60. The molecule has 0 saturated carbocycles. The van der Waals surface area contributed by atoms with Crippen LogP contribution in [-0.2, 0) is 0 Å². The van der Waals surface area contributed by atoms with Crippen molar-refractivity contribution in [2.24, 2.45) is 5.92 Å². The average molecular weight is 295 g/mol. The van der Waals surface area contributed by atoms with Gasteiger partial charge in [-0.15, -0.1) is 11.8 Å². The Morgan fingerprint density at radius 2 is 1.95 bits per heavy atom. The number of benzene rings is 1. The molecule has 0 saturated heterocycles. The molecule has 0 aliphatic heterocycles. The summed E-state index contributed by atoms with van der Waals surface area (Å²) in [6, 6.07) is 6.05. The van der Waals surface area contributed by atoms with E-state index >= 15 is 0 Å². The van der Waals surface area contributed by atoms with E-state index in [0.29, 0.717) is 11.5 Å². The SMILES string of the molecule is CCSc1cccc(N(CC(C)C)C(C)C)c1C(=O)O. The number of aromatic carboxylic acids is 1. The molecule has 3 nitrogen and oxygen atoms in total. The van der Waals surface area contributed by atoms with Gasteiger partial charge in [-0.05, 0) is 37.7 Å². The summed E-state index contributed by atoms with van der Waals surface area (Å²) in [6.45, 7) is 11.4. The molecule has 0 amide bonds. The highest BCUT2D eigenvalue weighted by Crippen LogP contribution is 2.32. The van der Waals surface area contributed by atoms with Crippen molar-refractivity contribution in [2.75, 3.05) is 17.2 Å². The lowest BCUT2D eigenvalue weighted by atomic mass is 10.1. The average Bonchev–Trinajstić information content (AvgIpc) is 2.35. The normalized spacial score (nSPS) is 11.2. The first kappa shape index (κ1) is 16.9. The third kappa shape index (κ3) is 4.17. The Labute approximate surface area is 126 Å². The third-order valence-corrected chi connectivity index (χ3v) is 3.95. The molecule has 1 aromatic rings. The number of rotatable bonds is 7. The molecule has 0 aliphatic carbocycles. The molecule has 20 heavy (non-hydrogen) atoms. The Morgan fingerprint density at radius 3 is 2.40 bits per heavy atom. The quantitative estimate of drug-likeness (QED) is 0.758. The van der Waals surface area contributed by atoms with E-state index in [9.17, 15) is 9.90 Å². The van der Waals surface area contributed by atoms with E-state index in [-0.39, 0.29) is 6.04 Å². The van der Waals surface area contributed by atoms with E-state index < -0.39 is 5.97 Å². The molecule has 0 heterocycles. The molecule has 4 heteroatoms. The molecule has 0 unspecified atom stereocenters. The van der Waals surface area contributed by atoms with Crippen molar-refractivity contribution in [2.45, 2.75) is 45.6 Å². The first-order valence-electron chi connectivity index (χ1n) is 7.14. The van der Waals surface area contributed by atoms with E-state index in [1.54, 1.807) is 11.8 Å². The van der Waals surface area contributed by atoms with Crippen molar-refractivity contribution in [1.29, 1.82) is 0 Å². The van der Waals surface area contributed by atoms with Crippen LogP contribution in [0.5, 0.6) is 0 Å². The fourth-order valence-electron chi connectivity index (χ4n) is 2.23. The van der Waals surface area contributed by atoms with Crippen LogP contribution in [0.15, 0.2) is 23.1 Å². The zero-order valence-corrected chi connectivity index (χ0v) is 13.8. The number of thioether (sulfide) groups is 1. The van der Waals surface area contributed by atoms with E-state index in [1.165, 1.54) is 0 Å². The molecule has 0 spiro atoms. The van der Waals surface area contributed by atoms with Crippen LogP contribution in [0.1, 0.15) is 45.0 Å². The van der Waals surface area contributed by atoms with Gasteiger partial charge in [0.2, 0.25) is 0 Å². The Balaban J connectivity index is 3.33. The minimum absolute atomic E-state index is 0.275. The summed E-state index contributed by atoms with van der Waals surface area (Å²) >= 11 is 1.58. The topological polar surface area (TPSA) is 40.5 Å². The van der Waals surface area contributed by atoms with Gasteiger partial charge in [0, 0.05) is 17.5 Å². The number of carbonyl (C=O) groups is 1. The summed E-state index contributed by atoms with van der Waals surface area (Å²) in [4.78, 5) is 14.7. The lowest BCUT2D eigenvalue weighted by Gasteiger charge is -2.32. The Hall–Kier alpha value is -1.16. The minimum atomic E-state index is -0.842. The van der Waals surface area contributed by atoms with Gasteiger partial charge in [0.25, 0.3) is 0 Å². The van der Waals surface area contributed by atoms with Crippen molar-refractivity contribution < 1.29 is 9.90 Å². The molecule has 1 aromatic carbocycles. The van der Waals surface area contributed by atoms with Crippen LogP contribution in [-0.4, -0.2) is 29.4 Å². The number of anilines is 1. The lowest BCUT2D eigenvalue weighted by Crippen LogP contribution is -2.35. The second-order valence-electron chi connectivity index (χ2n) is 5.53. The van der Waals surface area contributed by atoms with Gasteiger partial charge in [-0.25, -0.2) is 4.79 Å². The maximum absolute atomic E-state index is 11.7. The molecule has 0 fully saturated rings. The smallest absolute Gasteiger partial charge is 0.338 e. The molecule has 1 rings (SSSR count). The van der Waals surface area contributed by atoms with Gasteiger partial charge in [0.15, 0.2) is 0 Å². The van der Waals surface area contributed by atoms with Gasteiger partial charge < -0.3 is 10.0 Å². The first-order chi connectivity index (χ1) is 9.38. The molecule has 1 N–H and O–H groups in total. The monoisotopic (exact) mass is 295 g/mol. The van der Waals surface area contributed by atoms with Crippen LogP contribution in [0.25, 0.3) is 0 Å². The van der Waals surface area contributed by atoms with Gasteiger partial charge in [0.05, 0.1) is 11.3 Å². The second-order valence-corrected chi connectivity index (χ2v) is 6.83. The second kappa shape index (κ2) is 7.58. The highest BCUT2D eigenvalue weighted by Gasteiger charge is 2.22. The van der Waals surface area contributed by atoms with Crippen molar-refractivity contribution in [1.82, 2.24) is 0 Å². The molecule has 0 bridgehead atoms. The maximum atomic E-state index is 11.7. The summed E-state index contributed by atoms with van der Waals surface area (Å²) < 4.78 is 0. The molecule has 0 aromatic heterocycles. The molecule has 0 radical (unpaired) electrons. The zero-order valence-electron chi connectivity index (χ0n) is 13.0. The summed E-state index contributed by atoms with van der Waals surface area (Å²) in [5.74, 6) is 0.516. The first-order valence-corrected chi connectivity index (χ1v) is 8.12. The summed E-state index contributed by atoms with van der Waals surface area (Å²) in [7, 11) is 0. The molecule has 112 valence electrons. The standard InChI is InChI=1S/C16H25NO2S/c1-6-20-14-9-7-8-13(15(14)16(18)19)17(12(4)5)10-11(2)3/h7-9,11-12H,6,10H2,1-5H3,(H,18,19). The lowest BCUT2D eigenvalue weighted by molar-refractivity contribution is 0.0693. The largest absolute Gasteiger partial charge is 0.478 e. The van der Waals surface area contributed by atoms with Gasteiger partial charge in [0.1, 0.15) is 0 Å². The Bertz CT molecular complexity index is 458. The van der Waals surface area contributed by atoms with Crippen molar-refractivity contribution in [3.05, 3.63) is 23.8 Å². The maximum Gasteiger partial charge on any atom is 0.338 e. The highest BCUT2D eigenvalue weighted by molar-refractivity contribution is 7.99. The predicted octanol–water partition coefficient (Wildman–Crippen LogP) is 4.37. The van der Waals surface area contributed by atoms with E-state index in [0.717, 1.165) is 22.9 Å². The van der Waals surface area contributed by atoms with E-state index in [2.05, 4.69) is 32.6 Å². The molecule has 0 atom stereocenters. The number of carboxylic acids is 1. The van der Waals surface area contributed by atoms with Gasteiger partial charge >= 0.3 is 5.97 Å². The minimum Gasteiger partial charge on any atom is -0.478 e. The molecular weight excluding hydrogens is 270 g/mol. The van der Waals surface area contributed by atoms with Crippen LogP contribution in [0, 0.1) is 5.92 Å². The Kier molecular flexibility index (Phi) is 6.40. The van der Waals surface area contributed by atoms with Crippen molar-refractivity contribution >= 4 is 23.4 Å². The van der Waals surface area contributed by atoms with Crippen LogP contribution in [0.4, 0.5) is 5.69 Å². The molecular formula is C16H25NO2S. The third-order valence-electron chi connectivity index (χ3n) is 3.01. The van der Waals surface area contributed by atoms with Crippen LogP contribution in [0.3, 0.4) is 0 Å². The van der Waals surface area contributed by atoms with Gasteiger partial charge in [-0.3, -0.25) is 0 Å². The molecule has 0 aliphatic rings. The summed E-state index contributed by atoms with van der Waals surface area (Å²) in [6.07, 6.45) is 0. The zero-order chi connectivity index (χ0) is 15.3. The van der Waals surface area contributed by atoms with E-state index in [1.807, 2.05) is 25.1 Å². The van der Waals surface area contributed by atoms with Crippen LogP contribution in [0.2, 0.25) is 0 Å². The summed E-state index contributed by atoms with van der Waals surface area (Å²) in [5.41, 5.74) is 1.27. The van der Waals surface area contributed by atoms with Crippen molar-refractivity contribution in [3.8, 4) is 0 Å². The predicted molar refractivity (Wildman–Crippen MR) is 87.1 cm³/mol. The number of hydrogen-bond donors (Lipinski definition) is 1. The van der Waals surface area contributed by atoms with Crippen LogP contribution >= 0.6 is 11.8 Å². The number of carboxylic acid groups (broad SMARTS) is 1. The fourth-order valence-corrected chi connectivity index (χ4v) is 3.05. The van der Waals surface area contributed by atoms with Crippen LogP contribution < -0.4 is 4.90 Å². The van der Waals surface area contributed by atoms with Gasteiger partial charge in [-0.2, -0.15) is 0 Å². The number of hydrogen-bond acceptors (Lipinski definition) is 3. The fraction of sp³-hybridized carbons (Fsp3) is 0.562. The number of nitrogens with zero attached hydrogens (tertiary/aromatic N) is 1. The van der Waals surface area contributed by atoms with Crippen molar-refractivity contribution in [3.63, 3.8) is 0 Å². The highest BCUT2D eigenvalue weighted by atomic mass is 32.2. The van der Waals surface area contributed by atoms with E-state index in [4.69, 9.17) is 0 Å². The van der Waals surface area contributed by atoms with Gasteiger partial charge in [-0.1, -0.05) is 26.8 Å². The Morgan fingerprint density at radius 1 is 1.30 bits per heavy atom.